The van der Waals surface area contributed by atoms with Crippen LogP contribution < -0.4 is 16.2 Å². The van der Waals surface area contributed by atoms with Gasteiger partial charge in [-0.25, -0.2) is 0 Å². The molecule has 1 atom stereocenters. The highest BCUT2D eigenvalue weighted by Crippen LogP contribution is 2.26. The average molecular weight is 293 g/mol. The van der Waals surface area contributed by atoms with Gasteiger partial charge in [0.05, 0.1) is 17.9 Å². The number of nitrogen functional groups attached to an aromatic ring is 1. The van der Waals surface area contributed by atoms with Crippen LogP contribution in [-0.4, -0.2) is 49.3 Å². The quantitative estimate of drug-likeness (QED) is 0.786. The largest absolute Gasteiger partial charge is 0.488 e. The minimum atomic E-state index is -0.550. The number of hydrogen-bond donors (Lipinski definition) is 2. The van der Waals surface area contributed by atoms with E-state index in [1.807, 2.05) is 0 Å². The van der Waals surface area contributed by atoms with Gasteiger partial charge in [-0.1, -0.05) is 6.07 Å². The molecule has 4 N–H and O–H groups in total. The number of benzene rings is 1. The highest BCUT2D eigenvalue weighted by molar-refractivity contribution is 5.97. The van der Waals surface area contributed by atoms with E-state index in [2.05, 4.69) is 18.7 Å². The van der Waals surface area contributed by atoms with Gasteiger partial charge in [0.25, 0.3) is 5.91 Å². The Labute approximate surface area is 125 Å². The zero-order valence-corrected chi connectivity index (χ0v) is 12.5. The Balaban J connectivity index is 2.01. The molecule has 1 aliphatic rings. The van der Waals surface area contributed by atoms with E-state index in [4.69, 9.17) is 20.9 Å². The number of para-hydroxylation sites is 1. The fraction of sp³-hybridized carbons (Fsp3) is 0.533. The van der Waals surface area contributed by atoms with Crippen LogP contribution >= 0.6 is 0 Å². The molecule has 6 heteroatoms. The SMILES string of the molecule is CC(C)N1CCOC(COc2c(N)cccc2C(N)=O)C1. The zero-order chi connectivity index (χ0) is 15.4. The first-order valence-corrected chi connectivity index (χ1v) is 7.15. The molecule has 1 heterocycles. The van der Waals surface area contributed by atoms with E-state index >= 15 is 0 Å². The maximum atomic E-state index is 11.4. The Hall–Kier alpha value is -1.79. The summed E-state index contributed by atoms with van der Waals surface area (Å²) < 4.78 is 11.4. The van der Waals surface area contributed by atoms with Gasteiger partial charge in [-0.2, -0.15) is 0 Å². The minimum Gasteiger partial charge on any atom is -0.488 e. The molecule has 2 rings (SSSR count). The van der Waals surface area contributed by atoms with E-state index in [-0.39, 0.29) is 6.10 Å². The highest BCUT2D eigenvalue weighted by Gasteiger charge is 2.23. The van der Waals surface area contributed by atoms with E-state index in [9.17, 15) is 4.79 Å². The van der Waals surface area contributed by atoms with Crippen molar-refractivity contribution in [3.05, 3.63) is 23.8 Å². The number of nitrogens with zero attached hydrogens (tertiary/aromatic N) is 1. The third-order valence-electron chi connectivity index (χ3n) is 3.63. The third-order valence-corrected chi connectivity index (χ3v) is 3.63. The van der Waals surface area contributed by atoms with Gasteiger partial charge in [-0.05, 0) is 26.0 Å². The first-order chi connectivity index (χ1) is 9.99. The van der Waals surface area contributed by atoms with Crippen molar-refractivity contribution in [2.24, 2.45) is 5.73 Å². The Kier molecular flexibility index (Phi) is 5.03. The minimum absolute atomic E-state index is 0.0403. The standard InChI is InChI=1S/C15H23N3O3/c1-10(2)18-6-7-20-11(8-18)9-21-14-12(15(17)19)4-3-5-13(14)16/h3-5,10-11H,6-9,16H2,1-2H3,(H2,17,19). The van der Waals surface area contributed by atoms with Gasteiger partial charge in [0.15, 0.2) is 5.75 Å². The van der Waals surface area contributed by atoms with Gasteiger partial charge in [0.2, 0.25) is 0 Å². The van der Waals surface area contributed by atoms with E-state index in [1.54, 1.807) is 18.2 Å². The normalized spacial score (nSPS) is 19.7. The van der Waals surface area contributed by atoms with Gasteiger partial charge < -0.3 is 20.9 Å². The van der Waals surface area contributed by atoms with Gasteiger partial charge in [0.1, 0.15) is 12.7 Å². The van der Waals surface area contributed by atoms with Crippen LogP contribution in [0.3, 0.4) is 0 Å². The summed E-state index contributed by atoms with van der Waals surface area (Å²) >= 11 is 0. The van der Waals surface area contributed by atoms with Crippen LogP contribution in [-0.2, 0) is 4.74 Å². The number of morpholine rings is 1. The fourth-order valence-electron chi connectivity index (χ4n) is 2.40. The number of primary amides is 1. The molecule has 1 fully saturated rings. The Bertz CT molecular complexity index is 505. The van der Waals surface area contributed by atoms with Crippen LogP contribution in [0.15, 0.2) is 18.2 Å². The topological polar surface area (TPSA) is 90.8 Å². The molecule has 116 valence electrons. The molecule has 1 saturated heterocycles. The van der Waals surface area contributed by atoms with Crippen LogP contribution in [0.2, 0.25) is 0 Å². The molecular formula is C15H23N3O3. The summed E-state index contributed by atoms with van der Waals surface area (Å²) in [6, 6.07) is 5.44. The number of anilines is 1. The Morgan fingerprint density at radius 1 is 1.52 bits per heavy atom. The molecule has 1 aliphatic heterocycles. The van der Waals surface area contributed by atoms with Crippen molar-refractivity contribution in [2.75, 3.05) is 32.0 Å². The molecule has 1 aromatic rings. The van der Waals surface area contributed by atoms with Crippen molar-refractivity contribution >= 4 is 11.6 Å². The van der Waals surface area contributed by atoms with Gasteiger partial charge >= 0.3 is 0 Å². The second-order valence-electron chi connectivity index (χ2n) is 5.48. The number of rotatable bonds is 5. The van der Waals surface area contributed by atoms with Crippen molar-refractivity contribution < 1.29 is 14.3 Å². The number of amides is 1. The number of nitrogens with two attached hydrogens (primary N) is 2. The first-order valence-electron chi connectivity index (χ1n) is 7.15. The zero-order valence-electron chi connectivity index (χ0n) is 12.5. The molecule has 0 aliphatic carbocycles. The lowest BCUT2D eigenvalue weighted by molar-refractivity contribution is -0.0564. The second-order valence-corrected chi connectivity index (χ2v) is 5.48. The van der Waals surface area contributed by atoms with Gasteiger partial charge in [0, 0.05) is 19.1 Å². The molecule has 6 nitrogen and oxygen atoms in total. The van der Waals surface area contributed by atoms with Crippen molar-refractivity contribution in [3.8, 4) is 5.75 Å². The predicted octanol–water partition coefficient (Wildman–Crippen LogP) is 0.856. The molecule has 1 amide bonds. The summed E-state index contributed by atoms with van der Waals surface area (Å²) in [6.45, 7) is 7.06. The number of hydrogen-bond acceptors (Lipinski definition) is 5. The molecule has 0 spiro atoms. The van der Waals surface area contributed by atoms with Crippen molar-refractivity contribution in [2.45, 2.75) is 26.0 Å². The van der Waals surface area contributed by atoms with E-state index in [0.29, 0.717) is 36.3 Å². The summed E-state index contributed by atoms with van der Waals surface area (Å²) in [5, 5.41) is 0. The van der Waals surface area contributed by atoms with Gasteiger partial charge in [-0.15, -0.1) is 0 Å². The molecule has 1 unspecified atom stereocenters. The summed E-state index contributed by atoms with van der Waals surface area (Å²) in [6.07, 6.45) is -0.0403. The molecule has 0 aromatic heterocycles. The molecule has 1 aromatic carbocycles. The maximum absolute atomic E-state index is 11.4. The smallest absolute Gasteiger partial charge is 0.252 e. The first kappa shape index (κ1) is 15.6. The number of ether oxygens (including phenoxy) is 2. The van der Waals surface area contributed by atoms with Crippen LogP contribution in [0.5, 0.6) is 5.75 Å². The molecular weight excluding hydrogens is 270 g/mol. The Morgan fingerprint density at radius 3 is 2.95 bits per heavy atom. The van der Waals surface area contributed by atoms with Crippen LogP contribution in [0, 0.1) is 0 Å². The van der Waals surface area contributed by atoms with E-state index in [0.717, 1.165) is 13.1 Å². The lowest BCUT2D eigenvalue weighted by Crippen LogP contribution is -2.47. The van der Waals surface area contributed by atoms with Crippen molar-refractivity contribution in [1.82, 2.24) is 4.90 Å². The lowest BCUT2D eigenvalue weighted by atomic mass is 10.1. The average Bonchev–Trinajstić information content (AvgIpc) is 2.46. The summed E-state index contributed by atoms with van der Waals surface area (Å²) in [4.78, 5) is 13.7. The summed E-state index contributed by atoms with van der Waals surface area (Å²) in [7, 11) is 0. The van der Waals surface area contributed by atoms with Crippen LogP contribution in [0.25, 0.3) is 0 Å². The second kappa shape index (κ2) is 6.78. The maximum Gasteiger partial charge on any atom is 0.252 e. The Morgan fingerprint density at radius 2 is 2.29 bits per heavy atom. The van der Waals surface area contributed by atoms with Crippen molar-refractivity contribution in [3.63, 3.8) is 0 Å². The van der Waals surface area contributed by atoms with Crippen LogP contribution in [0.1, 0.15) is 24.2 Å². The monoisotopic (exact) mass is 293 g/mol. The molecule has 0 saturated carbocycles. The summed E-state index contributed by atoms with van der Waals surface area (Å²) in [5.41, 5.74) is 11.9. The fourth-order valence-corrected chi connectivity index (χ4v) is 2.40. The van der Waals surface area contributed by atoms with E-state index in [1.165, 1.54) is 0 Å². The van der Waals surface area contributed by atoms with Gasteiger partial charge in [-0.3, -0.25) is 9.69 Å². The molecule has 0 radical (unpaired) electrons. The number of carbonyl (C=O) groups is 1. The lowest BCUT2D eigenvalue weighted by Gasteiger charge is -2.35. The highest BCUT2D eigenvalue weighted by atomic mass is 16.5. The summed E-state index contributed by atoms with van der Waals surface area (Å²) in [5.74, 6) is -0.207. The number of carbonyl (C=O) groups excluding carboxylic acids is 1. The van der Waals surface area contributed by atoms with Crippen LogP contribution in [0.4, 0.5) is 5.69 Å². The predicted molar refractivity (Wildman–Crippen MR) is 81.3 cm³/mol. The third kappa shape index (κ3) is 3.86. The molecule has 0 bridgehead atoms. The van der Waals surface area contributed by atoms with Crippen molar-refractivity contribution in [1.29, 1.82) is 0 Å². The van der Waals surface area contributed by atoms with E-state index < -0.39 is 5.91 Å². The molecule has 21 heavy (non-hydrogen) atoms.